The Labute approximate surface area is 187 Å². The lowest BCUT2D eigenvalue weighted by atomic mass is 9.49. The highest BCUT2D eigenvalue weighted by Gasteiger charge is 2.55. The fourth-order valence-corrected chi connectivity index (χ4v) is 6.98. The van der Waals surface area contributed by atoms with E-state index >= 15 is 0 Å². The van der Waals surface area contributed by atoms with E-state index in [0.29, 0.717) is 36.6 Å². The molecule has 7 rings (SSSR count). The summed E-state index contributed by atoms with van der Waals surface area (Å²) in [6, 6.07) is 7.56. The van der Waals surface area contributed by atoms with Crippen LogP contribution in [-0.4, -0.2) is 47.0 Å². The summed E-state index contributed by atoms with van der Waals surface area (Å²) < 4.78 is 18.9. The van der Waals surface area contributed by atoms with Gasteiger partial charge in [-0.3, -0.25) is 4.79 Å². The lowest BCUT2D eigenvalue weighted by molar-refractivity contribution is -0.158. The average molecular weight is 437 g/mol. The van der Waals surface area contributed by atoms with Gasteiger partial charge < -0.3 is 14.5 Å². The van der Waals surface area contributed by atoms with E-state index in [1.807, 2.05) is 0 Å². The van der Waals surface area contributed by atoms with Crippen LogP contribution in [-0.2, 0) is 4.79 Å². The van der Waals surface area contributed by atoms with Gasteiger partial charge in [0.25, 0.3) is 0 Å². The maximum Gasteiger partial charge on any atom is 0.228 e. The number of amides is 1. The highest BCUT2D eigenvalue weighted by molar-refractivity contribution is 5.83. The Morgan fingerprint density at radius 3 is 2.19 bits per heavy atom. The van der Waals surface area contributed by atoms with Crippen molar-refractivity contribution in [3.63, 3.8) is 0 Å². The molecule has 0 radical (unpaired) electrons. The van der Waals surface area contributed by atoms with Crippen LogP contribution in [0, 0.1) is 29.0 Å². The Morgan fingerprint density at radius 2 is 1.56 bits per heavy atom. The van der Waals surface area contributed by atoms with Crippen molar-refractivity contribution in [3.05, 3.63) is 42.3 Å². The number of aromatic nitrogens is 2. The van der Waals surface area contributed by atoms with Crippen molar-refractivity contribution in [1.29, 1.82) is 0 Å². The van der Waals surface area contributed by atoms with Crippen LogP contribution in [0.15, 0.2) is 36.5 Å². The first-order valence-corrected chi connectivity index (χ1v) is 11.9. The van der Waals surface area contributed by atoms with Gasteiger partial charge >= 0.3 is 0 Å². The normalized spacial score (nSPS) is 31.1. The van der Waals surface area contributed by atoms with Crippen LogP contribution < -0.4 is 9.64 Å². The third-order valence-electron chi connectivity index (χ3n) is 8.00. The minimum absolute atomic E-state index is 0.0731. The molecule has 1 aromatic carbocycles. The summed E-state index contributed by atoms with van der Waals surface area (Å²) in [6.45, 7) is 2.87. The molecule has 5 fully saturated rings. The third kappa shape index (κ3) is 3.61. The Kier molecular flexibility index (Phi) is 4.81. The number of ether oxygens (including phenoxy) is 1. The number of carbonyl (C=O) groups excluding carboxylic acids is 1. The molecule has 4 bridgehead atoms. The number of halogens is 1. The highest BCUT2D eigenvalue weighted by Crippen LogP contribution is 2.60. The summed E-state index contributed by atoms with van der Waals surface area (Å²) >= 11 is 0. The molecule has 0 spiro atoms. The second-order valence-corrected chi connectivity index (χ2v) is 10.2. The van der Waals surface area contributed by atoms with Gasteiger partial charge in [0, 0.05) is 38.4 Å². The summed E-state index contributed by atoms with van der Waals surface area (Å²) in [5.41, 5.74) is -0.0731. The van der Waals surface area contributed by atoms with E-state index in [9.17, 15) is 9.18 Å². The molecule has 1 aromatic heterocycles. The predicted octanol–water partition coefficient (Wildman–Crippen LogP) is 4.27. The number of anilines is 1. The predicted molar refractivity (Wildman–Crippen MR) is 118 cm³/mol. The van der Waals surface area contributed by atoms with Crippen LogP contribution in [0.4, 0.5) is 10.3 Å². The van der Waals surface area contributed by atoms with Crippen molar-refractivity contribution in [2.45, 2.75) is 38.5 Å². The average Bonchev–Trinajstić information content (AvgIpc) is 2.80. The van der Waals surface area contributed by atoms with Crippen molar-refractivity contribution in [3.8, 4) is 11.6 Å². The van der Waals surface area contributed by atoms with E-state index in [4.69, 9.17) is 4.74 Å². The second kappa shape index (κ2) is 7.71. The van der Waals surface area contributed by atoms with Crippen LogP contribution in [0.2, 0.25) is 0 Å². The van der Waals surface area contributed by atoms with Crippen LogP contribution >= 0.6 is 0 Å². The monoisotopic (exact) mass is 436 g/mol. The van der Waals surface area contributed by atoms with Gasteiger partial charge in [0.2, 0.25) is 17.7 Å². The zero-order valence-electron chi connectivity index (χ0n) is 18.3. The van der Waals surface area contributed by atoms with Crippen molar-refractivity contribution >= 4 is 11.9 Å². The molecule has 7 heteroatoms. The van der Waals surface area contributed by atoms with Gasteiger partial charge in [-0.15, -0.1) is 0 Å². The first-order valence-electron chi connectivity index (χ1n) is 11.9. The SMILES string of the molecule is O=C(N1CCN(c2nccc(Oc3ccc(F)cc3)n2)CC1)C12CC3CC(CC(C3)C1)C2. The van der Waals surface area contributed by atoms with Crippen molar-refractivity contribution < 1.29 is 13.9 Å². The van der Waals surface area contributed by atoms with E-state index in [1.54, 1.807) is 24.4 Å². The van der Waals surface area contributed by atoms with Gasteiger partial charge in [0.1, 0.15) is 11.6 Å². The minimum atomic E-state index is -0.304. The van der Waals surface area contributed by atoms with E-state index in [1.165, 1.54) is 31.4 Å². The summed E-state index contributed by atoms with van der Waals surface area (Å²) in [6.07, 6.45) is 9.09. The molecule has 6 nitrogen and oxygen atoms in total. The topological polar surface area (TPSA) is 58.6 Å². The van der Waals surface area contributed by atoms with Gasteiger partial charge in [0.05, 0.1) is 5.41 Å². The van der Waals surface area contributed by atoms with Crippen LogP contribution in [0.1, 0.15) is 38.5 Å². The molecule has 0 unspecified atom stereocenters. The molecular weight excluding hydrogens is 407 g/mol. The van der Waals surface area contributed by atoms with Gasteiger partial charge in [-0.05, 0) is 80.5 Å². The highest BCUT2D eigenvalue weighted by atomic mass is 19.1. The van der Waals surface area contributed by atoms with E-state index in [2.05, 4.69) is 19.8 Å². The standard InChI is InChI=1S/C25H29FN4O2/c26-20-1-3-21(4-2-20)32-22-5-6-27-24(28-22)30-9-7-29(8-10-30)23(31)25-14-17-11-18(15-25)13-19(12-17)16-25/h1-6,17-19H,7-16H2. The summed E-state index contributed by atoms with van der Waals surface area (Å²) in [5, 5.41) is 0. The maximum atomic E-state index is 13.6. The number of piperazine rings is 1. The van der Waals surface area contributed by atoms with E-state index in [0.717, 1.165) is 50.1 Å². The number of rotatable bonds is 4. The van der Waals surface area contributed by atoms with Crippen molar-refractivity contribution in [2.75, 3.05) is 31.1 Å². The molecule has 32 heavy (non-hydrogen) atoms. The first kappa shape index (κ1) is 19.9. The number of carbonyl (C=O) groups is 1. The number of benzene rings is 1. The van der Waals surface area contributed by atoms with Crippen molar-refractivity contribution in [2.24, 2.45) is 23.2 Å². The Balaban J connectivity index is 1.10. The van der Waals surface area contributed by atoms with Crippen LogP contribution in [0.3, 0.4) is 0 Å². The molecule has 0 N–H and O–H groups in total. The molecule has 1 amide bonds. The molecule has 2 aromatic rings. The first-order chi connectivity index (χ1) is 15.6. The maximum absolute atomic E-state index is 13.6. The lowest BCUT2D eigenvalue weighted by Gasteiger charge is -2.57. The molecule has 1 saturated heterocycles. The van der Waals surface area contributed by atoms with E-state index in [-0.39, 0.29) is 11.2 Å². The fourth-order valence-electron chi connectivity index (χ4n) is 6.98. The van der Waals surface area contributed by atoms with Crippen LogP contribution in [0.5, 0.6) is 11.6 Å². The quantitative estimate of drug-likeness (QED) is 0.716. The minimum Gasteiger partial charge on any atom is -0.439 e. The number of hydrogen-bond donors (Lipinski definition) is 0. The lowest BCUT2D eigenvalue weighted by Crippen LogP contribution is -2.58. The molecule has 5 aliphatic rings. The number of hydrogen-bond acceptors (Lipinski definition) is 5. The second-order valence-electron chi connectivity index (χ2n) is 10.2. The van der Waals surface area contributed by atoms with Gasteiger partial charge in [-0.1, -0.05) is 0 Å². The van der Waals surface area contributed by atoms with Gasteiger partial charge in [-0.2, -0.15) is 4.98 Å². The fraction of sp³-hybridized carbons (Fsp3) is 0.560. The molecule has 2 heterocycles. The third-order valence-corrected chi connectivity index (χ3v) is 8.00. The molecule has 4 saturated carbocycles. The smallest absolute Gasteiger partial charge is 0.228 e. The molecule has 168 valence electrons. The van der Waals surface area contributed by atoms with Crippen LogP contribution in [0.25, 0.3) is 0 Å². The Bertz CT molecular complexity index is 968. The molecular formula is C25H29FN4O2. The Morgan fingerprint density at radius 1 is 0.938 bits per heavy atom. The zero-order valence-corrected chi connectivity index (χ0v) is 18.3. The summed E-state index contributed by atoms with van der Waals surface area (Å²) in [4.78, 5) is 26.8. The number of nitrogens with zero attached hydrogens (tertiary/aromatic N) is 4. The molecule has 0 atom stereocenters. The summed E-state index contributed by atoms with van der Waals surface area (Å²) in [7, 11) is 0. The zero-order chi connectivity index (χ0) is 21.7. The van der Waals surface area contributed by atoms with E-state index < -0.39 is 0 Å². The molecule has 1 aliphatic heterocycles. The van der Waals surface area contributed by atoms with Gasteiger partial charge in [0.15, 0.2) is 0 Å². The largest absolute Gasteiger partial charge is 0.439 e. The summed E-state index contributed by atoms with van der Waals surface area (Å²) in [5.74, 6) is 4.01. The Hall–Kier alpha value is -2.70. The van der Waals surface area contributed by atoms with Crippen molar-refractivity contribution in [1.82, 2.24) is 14.9 Å². The molecule has 4 aliphatic carbocycles. The van der Waals surface area contributed by atoms with Gasteiger partial charge in [-0.25, -0.2) is 9.37 Å².